The second kappa shape index (κ2) is 10.2. The lowest BCUT2D eigenvalue weighted by atomic mass is 10.1. The Morgan fingerprint density at radius 3 is 2.15 bits per heavy atom. The third-order valence-electron chi connectivity index (χ3n) is 5.54. The topological polar surface area (TPSA) is 95.6 Å². The van der Waals surface area contributed by atoms with Crippen LogP contribution in [0.5, 0.6) is 0 Å². The second-order valence-electron chi connectivity index (χ2n) is 8.23. The van der Waals surface area contributed by atoms with Crippen molar-refractivity contribution in [2.24, 2.45) is 0 Å². The lowest BCUT2D eigenvalue weighted by molar-refractivity contribution is -0.115. The molecule has 0 aliphatic heterocycles. The van der Waals surface area contributed by atoms with Crippen LogP contribution >= 0.6 is 0 Å². The average molecular weight is 478 g/mol. The van der Waals surface area contributed by atoms with E-state index in [0.717, 1.165) is 18.5 Å². The van der Waals surface area contributed by atoms with Crippen LogP contribution in [0.15, 0.2) is 83.8 Å². The van der Waals surface area contributed by atoms with Gasteiger partial charge < -0.3 is 10.2 Å². The summed E-state index contributed by atoms with van der Waals surface area (Å²) in [4.78, 5) is 27.2. The smallest absolute Gasteiger partial charge is 0.258 e. The van der Waals surface area contributed by atoms with Crippen molar-refractivity contribution in [2.45, 2.75) is 37.1 Å². The molecular formula is C26H27N3O4S. The van der Waals surface area contributed by atoms with Crippen molar-refractivity contribution in [1.29, 1.82) is 0 Å². The summed E-state index contributed by atoms with van der Waals surface area (Å²) in [5.41, 5.74) is 2.64. The van der Waals surface area contributed by atoms with Gasteiger partial charge >= 0.3 is 0 Å². The molecule has 0 spiro atoms. The summed E-state index contributed by atoms with van der Waals surface area (Å²) < 4.78 is 27.2. The first-order valence-corrected chi connectivity index (χ1v) is 12.7. The monoisotopic (exact) mass is 477 g/mol. The molecule has 1 saturated carbocycles. The van der Waals surface area contributed by atoms with Gasteiger partial charge in [0.25, 0.3) is 5.91 Å². The summed E-state index contributed by atoms with van der Waals surface area (Å²) in [6.07, 6.45) is 1.85. The van der Waals surface area contributed by atoms with Crippen LogP contribution in [0, 0.1) is 0 Å². The Morgan fingerprint density at radius 1 is 0.912 bits per heavy atom. The molecule has 3 aromatic rings. The Bertz CT molecular complexity index is 1250. The van der Waals surface area contributed by atoms with Crippen LogP contribution in [0.4, 0.5) is 11.4 Å². The number of sulfonamides is 1. The summed E-state index contributed by atoms with van der Waals surface area (Å²) in [7, 11) is -3.51. The van der Waals surface area contributed by atoms with Crippen molar-refractivity contribution in [3.8, 4) is 0 Å². The molecule has 3 aromatic carbocycles. The molecule has 1 aliphatic rings. The van der Waals surface area contributed by atoms with E-state index in [0.29, 0.717) is 23.4 Å². The first kappa shape index (κ1) is 23.7. The Labute approximate surface area is 199 Å². The summed E-state index contributed by atoms with van der Waals surface area (Å²) in [5.74, 6) is -0.344. The molecule has 2 N–H and O–H groups in total. The predicted octanol–water partition coefficient (Wildman–Crippen LogP) is 3.98. The number of hydrogen-bond acceptors (Lipinski definition) is 4. The van der Waals surface area contributed by atoms with Crippen LogP contribution in [0.25, 0.3) is 0 Å². The van der Waals surface area contributed by atoms with Gasteiger partial charge in [-0.05, 0) is 73.9 Å². The number of carbonyl (C=O) groups excluding carboxylic acids is 2. The van der Waals surface area contributed by atoms with Crippen LogP contribution in [0.2, 0.25) is 0 Å². The molecule has 34 heavy (non-hydrogen) atoms. The number of nitrogens with one attached hydrogen (secondary N) is 2. The molecule has 0 bridgehead atoms. The molecular weight excluding hydrogens is 450 g/mol. The summed E-state index contributed by atoms with van der Waals surface area (Å²) >= 11 is 0. The van der Waals surface area contributed by atoms with Gasteiger partial charge in [0.2, 0.25) is 15.9 Å². The van der Waals surface area contributed by atoms with Crippen molar-refractivity contribution < 1.29 is 18.0 Å². The summed E-state index contributed by atoms with van der Waals surface area (Å²) in [5, 5.41) is 2.82. The van der Waals surface area contributed by atoms with Gasteiger partial charge in [-0.25, -0.2) is 13.1 Å². The van der Waals surface area contributed by atoms with E-state index in [1.807, 2.05) is 37.3 Å². The summed E-state index contributed by atoms with van der Waals surface area (Å²) in [6, 6.07) is 22.6. The molecule has 0 heterocycles. The minimum absolute atomic E-state index is 0.0421. The molecule has 2 amide bonds. The maximum Gasteiger partial charge on any atom is 0.258 e. The van der Waals surface area contributed by atoms with Gasteiger partial charge in [-0.15, -0.1) is 0 Å². The average Bonchev–Trinajstić information content (AvgIpc) is 3.64. The van der Waals surface area contributed by atoms with Gasteiger partial charge in [0.15, 0.2) is 0 Å². The number of benzene rings is 3. The van der Waals surface area contributed by atoms with E-state index in [-0.39, 0.29) is 29.2 Å². The zero-order valence-corrected chi connectivity index (χ0v) is 19.7. The number of hydrogen-bond donors (Lipinski definition) is 2. The van der Waals surface area contributed by atoms with E-state index in [9.17, 15) is 18.0 Å². The molecule has 0 aromatic heterocycles. The molecule has 0 radical (unpaired) electrons. The van der Waals surface area contributed by atoms with Crippen LogP contribution < -0.4 is 14.9 Å². The van der Waals surface area contributed by atoms with Gasteiger partial charge in [-0.2, -0.15) is 0 Å². The van der Waals surface area contributed by atoms with Crippen LogP contribution in [-0.4, -0.2) is 32.8 Å². The highest BCUT2D eigenvalue weighted by atomic mass is 32.2. The minimum atomic E-state index is -3.51. The zero-order valence-electron chi connectivity index (χ0n) is 18.9. The Kier molecular flexibility index (Phi) is 7.09. The van der Waals surface area contributed by atoms with Crippen molar-refractivity contribution in [1.82, 2.24) is 4.72 Å². The predicted molar refractivity (Wildman–Crippen MR) is 132 cm³/mol. The number of anilines is 2. The van der Waals surface area contributed by atoms with E-state index in [1.165, 1.54) is 12.1 Å². The van der Waals surface area contributed by atoms with Crippen LogP contribution in [0.3, 0.4) is 0 Å². The summed E-state index contributed by atoms with van der Waals surface area (Å²) in [6.45, 7) is 2.46. The van der Waals surface area contributed by atoms with Gasteiger partial charge in [-0.1, -0.05) is 30.3 Å². The Morgan fingerprint density at radius 2 is 1.56 bits per heavy atom. The first-order chi connectivity index (χ1) is 16.4. The normalized spacial score (nSPS) is 13.3. The number of rotatable bonds is 9. The lowest BCUT2D eigenvalue weighted by Gasteiger charge is -2.21. The van der Waals surface area contributed by atoms with E-state index in [4.69, 9.17) is 0 Å². The van der Waals surface area contributed by atoms with Gasteiger partial charge in [0.05, 0.1) is 11.3 Å². The van der Waals surface area contributed by atoms with Crippen molar-refractivity contribution >= 4 is 33.2 Å². The molecule has 8 heteroatoms. The fourth-order valence-corrected chi connectivity index (χ4v) is 4.87. The van der Waals surface area contributed by atoms with Gasteiger partial charge in [0.1, 0.15) is 0 Å². The number of nitrogens with zero attached hydrogens (tertiary/aromatic N) is 1. The molecule has 0 saturated heterocycles. The van der Waals surface area contributed by atoms with Crippen molar-refractivity contribution in [2.75, 3.05) is 16.8 Å². The quantitative estimate of drug-likeness (QED) is 0.487. The molecule has 176 valence electrons. The van der Waals surface area contributed by atoms with Gasteiger partial charge in [0, 0.05) is 29.5 Å². The number of amides is 2. The highest BCUT2D eigenvalue weighted by molar-refractivity contribution is 7.89. The minimum Gasteiger partial charge on any atom is -0.326 e. The zero-order chi connectivity index (χ0) is 24.1. The molecule has 1 fully saturated rings. The van der Waals surface area contributed by atoms with E-state index >= 15 is 0 Å². The molecule has 0 unspecified atom stereocenters. The van der Waals surface area contributed by atoms with Gasteiger partial charge in [-0.3, -0.25) is 9.59 Å². The number of para-hydroxylation sites is 1. The molecule has 7 nitrogen and oxygen atoms in total. The Hall–Kier alpha value is -3.49. The van der Waals surface area contributed by atoms with Crippen LogP contribution in [-0.2, 0) is 21.2 Å². The highest BCUT2D eigenvalue weighted by Gasteiger charge is 2.27. The van der Waals surface area contributed by atoms with E-state index in [2.05, 4.69) is 10.0 Å². The Balaban J connectivity index is 1.35. The molecule has 1 aliphatic carbocycles. The third-order valence-corrected chi connectivity index (χ3v) is 7.08. The molecule has 0 atom stereocenters. The van der Waals surface area contributed by atoms with E-state index < -0.39 is 10.0 Å². The first-order valence-electron chi connectivity index (χ1n) is 11.2. The van der Waals surface area contributed by atoms with E-state index in [1.54, 1.807) is 41.3 Å². The highest BCUT2D eigenvalue weighted by Crippen LogP contribution is 2.22. The second-order valence-corrected chi connectivity index (χ2v) is 9.94. The fraction of sp³-hybridized carbons (Fsp3) is 0.231. The van der Waals surface area contributed by atoms with Crippen molar-refractivity contribution in [3.05, 3.63) is 90.0 Å². The molecule has 4 rings (SSSR count). The van der Waals surface area contributed by atoms with Crippen LogP contribution in [0.1, 0.15) is 35.7 Å². The number of carbonyl (C=O) groups is 2. The standard InChI is InChI=1S/C26H27N3O4S/c1-2-29(23-6-4-3-5-7-23)26(31)20-10-12-21(13-11-20)27-25(30)18-19-8-16-24(17-9-19)34(32,33)28-22-14-15-22/h3-13,16-17,22,28H,2,14-15,18H2,1H3,(H,27,30). The largest absolute Gasteiger partial charge is 0.326 e. The SMILES string of the molecule is CCN(C(=O)c1ccc(NC(=O)Cc2ccc(S(=O)(=O)NC3CC3)cc2)cc1)c1ccccc1. The third kappa shape index (κ3) is 5.89. The maximum absolute atomic E-state index is 12.9. The lowest BCUT2D eigenvalue weighted by Crippen LogP contribution is -2.30. The van der Waals surface area contributed by atoms with Crippen molar-refractivity contribution in [3.63, 3.8) is 0 Å². The maximum atomic E-state index is 12.9. The fourth-order valence-electron chi connectivity index (χ4n) is 3.57.